The smallest absolute Gasteiger partial charge is 0.272 e. The highest BCUT2D eigenvalue weighted by Gasteiger charge is 2.19. The number of nitro benzene ring substituents is 1. The summed E-state index contributed by atoms with van der Waals surface area (Å²) in [6, 6.07) is 2.82. The lowest BCUT2D eigenvalue weighted by atomic mass is 10.0. The fourth-order valence-electron chi connectivity index (χ4n) is 1.62. The molecule has 0 bridgehead atoms. The van der Waals surface area contributed by atoms with Gasteiger partial charge in [0.1, 0.15) is 0 Å². The average molecular weight is 265 g/mol. The molecule has 0 aliphatic carbocycles. The Morgan fingerprint density at radius 2 is 1.89 bits per heavy atom. The average Bonchev–Trinajstić information content (AvgIpc) is 2.31. The molecule has 6 nitrogen and oxygen atoms in total. The summed E-state index contributed by atoms with van der Waals surface area (Å²) in [5, 5.41) is 13.6. The first kappa shape index (κ1) is 15.1. The van der Waals surface area contributed by atoms with Crippen molar-refractivity contribution in [2.45, 2.75) is 33.7 Å². The molecule has 104 valence electrons. The van der Waals surface area contributed by atoms with Gasteiger partial charge < -0.3 is 11.1 Å². The molecule has 1 aromatic carbocycles. The van der Waals surface area contributed by atoms with Gasteiger partial charge in [-0.15, -0.1) is 0 Å². The molecule has 19 heavy (non-hydrogen) atoms. The van der Waals surface area contributed by atoms with Crippen LogP contribution in [-0.2, 0) is 4.79 Å². The highest BCUT2D eigenvalue weighted by atomic mass is 16.6. The van der Waals surface area contributed by atoms with Gasteiger partial charge in [0.15, 0.2) is 0 Å². The lowest BCUT2D eigenvalue weighted by Crippen LogP contribution is -2.34. The quantitative estimate of drug-likeness (QED) is 0.643. The minimum atomic E-state index is -0.432. The molecule has 0 fully saturated rings. The molecule has 0 spiro atoms. The van der Waals surface area contributed by atoms with E-state index in [-0.39, 0.29) is 23.6 Å². The highest BCUT2D eigenvalue weighted by molar-refractivity contribution is 5.93. The van der Waals surface area contributed by atoms with E-state index in [0.717, 1.165) is 0 Å². The molecular weight excluding hydrogens is 246 g/mol. The molecule has 1 amide bonds. The summed E-state index contributed by atoms with van der Waals surface area (Å²) in [6.07, 6.45) is 0. The number of carbonyl (C=O) groups excluding carboxylic acids is 1. The number of nitrogens with zero attached hydrogens (tertiary/aromatic N) is 1. The monoisotopic (exact) mass is 265 g/mol. The van der Waals surface area contributed by atoms with Crippen molar-refractivity contribution in [2.24, 2.45) is 11.7 Å². The molecule has 0 aromatic heterocycles. The van der Waals surface area contributed by atoms with Crippen molar-refractivity contribution in [3.8, 4) is 0 Å². The molecule has 2 atom stereocenters. The summed E-state index contributed by atoms with van der Waals surface area (Å²) in [5.41, 5.74) is 7.48. The number of nitrogens with two attached hydrogens (primary N) is 1. The molecule has 3 N–H and O–H groups in total. The van der Waals surface area contributed by atoms with Crippen LogP contribution in [0.1, 0.15) is 25.0 Å². The Kier molecular flexibility index (Phi) is 4.61. The number of carbonyl (C=O) groups is 1. The van der Waals surface area contributed by atoms with Crippen LogP contribution in [0.5, 0.6) is 0 Å². The van der Waals surface area contributed by atoms with Crippen LogP contribution in [0.2, 0.25) is 0 Å². The fraction of sp³-hybridized carbons (Fsp3) is 0.462. The van der Waals surface area contributed by atoms with Crippen molar-refractivity contribution in [1.82, 2.24) is 0 Å². The van der Waals surface area contributed by atoms with E-state index in [9.17, 15) is 14.9 Å². The number of hydrogen-bond acceptors (Lipinski definition) is 4. The maximum atomic E-state index is 11.9. The summed E-state index contributed by atoms with van der Waals surface area (Å²) >= 11 is 0. The van der Waals surface area contributed by atoms with Crippen molar-refractivity contribution in [3.63, 3.8) is 0 Å². The predicted octanol–water partition coefficient (Wildman–Crippen LogP) is 2.13. The van der Waals surface area contributed by atoms with Gasteiger partial charge in [-0.05, 0) is 32.4 Å². The third kappa shape index (κ3) is 3.51. The summed E-state index contributed by atoms with van der Waals surface area (Å²) in [7, 11) is 0. The van der Waals surface area contributed by atoms with Crippen molar-refractivity contribution in [2.75, 3.05) is 5.32 Å². The van der Waals surface area contributed by atoms with Crippen LogP contribution in [0.15, 0.2) is 12.1 Å². The van der Waals surface area contributed by atoms with Gasteiger partial charge in [-0.2, -0.15) is 0 Å². The van der Waals surface area contributed by atoms with Crippen LogP contribution in [0.3, 0.4) is 0 Å². The maximum absolute atomic E-state index is 11.9. The van der Waals surface area contributed by atoms with Gasteiger partial charge in [0.25, 0.3) is 5.69 Å². The first-order valence-electron chi connectivity index (χ1n) is 6.06. The molecule has 1 aromatic rings. The Morgan fingerprint density at radius 1 is 1.32 bits per heavy atom. The van der Waals surface area contributed by atoms with E-state index in [1.54, 1.807) is 33.8 Å². The van der Waals surface area contributed by atoms with E-state index in [0.29, 0.717) is 16.8 Å². The predicted molar refractivity (Wildman–Crippen MR) is 74.0 cm³/mol. The zero-order chi connectivity index (χ0) is 14.7. The first-order valence-corrected chi connectivity index (χ1v) is 6.06. The van der Waals surface area contributed by atoms with Crippen LogP contribution in [0.25, 0.3) is 0 Å². The Bertz CT molecular complexity index is 512. The Morgan fingerprint density at radius 3 is 2.37 bits per heavy atom. The number of hydrogen-bond donors (Lipinski definition) is 2. The van der Waals surface area contributed by atoms with E-state index in [2.05, 4.69) is 5.32 Å². The second-order valence-corrected chi connectivity index (χ2v) is 4.85. The fourth-order valence-corrected chi connectivity index (χ4v) is 1.62. The van der Waals surface area contributed by atoms with Gasteiger partial charge in [-0.1, -0.05) is 6.92 Å². The topological polar surface area (TPSA) is 98.3 Å². The van der Waals surface area contributed by atoms with Crippen LogP contribution in [0.4, 0.5) is 11.4 Å². The summed E-state index contributed by atoms with van der Waals surface area (Å²) in [5.74, 6) is -0.513. The molecule has 0 radical (unpaired) electrons. The second-order valence-electron chi connectivity index (χ2n) is 4.85. The van der Waals surface area contributed by atoms with Gasteiger partial charge in [-0.25, -0.2) is 0 Å². The van der Waals surface area contributed by atoms with Gasteiger partial charge in [0, 0.05) is 23.4 Å². The molecule has 0 aliphatic rings. The standard InChI is InChI=1S/C13H19N3O3/c1-7-6-12(16(18)19)8(2)5-11(7)15-13(17)9(3)10(4)14/h5-6,9-10H,14H2,1-4H3,(H,15,17). The van der Waals surface area contributed by atoms with Crippen LogP contribution >= 0.6 is 0 Å². The third-order valence-corrected chi connectivity index (χ3v) is 3.20. The lowest BCUT2D eigenvalue weighted by Gasteiger charge is -2.16. The minimum absolute atomic E-state index is 0.0516. The van der Waals surface area contributed by atoms with E-state index >= 15 is 0 Å². The van der Waals surface area contributed by atoms with E-state index in [4.69, 9.17) is 5.73 Å². The number of nitrogens with one attached hydrogen (secondary N) is 1. The molecule has 0 saturated heterocycles. The molecule has 2 unspecified atom stereocenters. The molecule has 0 heterocycles. The van der Waals surface area contributed by atoms with E-state index in [1.165, 1.54) is 6.07 Å². The third-order valence-electron chi connectivity index (χ3n) is 3.20. The number of benzene rings is 1. The molecule has 0 saturated carbocycles. The normalized spacial score (nSPS) is 13.7. The van der Waals surface area contributed by atoms with E-state index in [1.807, 2.05) is 0 Å². The molecule has 1 rings (SSSR count). The highest BCUT2D eigenvalue weighted by Crippen LogP contribution is 2.26. The zero-order valence-electron chi connectivity index (χ0n) is 11.6. The van der Waals surface area contributed by atoms with Crippen LogP contribution in [0, 0.1) is 29.9 Å². The number of nitro groups is 1. The number of amides is 1. The zero-order valence-corrected chi connectivity index (χ0v) is 11.6. The Labute approximate surface area is 112 Å². The number of anilines is 1. The molecule has 6 heteroatoms. The summed E-state index contributed by atoms with van der Waals surface area (Å²) in [6.45, 7) is 6.87. The Balaban J connectivity index is 3.01. The lowest BCUT2D eigenvalue weighted by molar-refractivity contribution is -0.385. The van der Waals surface area contributed by atoms with Crippen LogP contribution in [-0.4, -0.2) is 16.9 Å². The van der Waals surface area contributed by atoms with Crippen molar-refractivity contribution in [1.29, 1.82) is 0 Å². The number of aryl methyl sites for hydroxylation is 2. The maximum Gasteiger partial charge on any atom is 0.272 e. The van der Waals surface area contributed by atoms with Crippen molar-refractivity contribution < 1.29 is 9.72 Å². The SMILES string of the molecule is Cc1cc([N+](=O)[O-])c(C)cc1NC(=O)C(C)C(C)N. The van der Waals surface area contributed by atoms with Gasteiger partial charge in [0.05, 0.1) is 10.8 Å². The summed E-state index contributed by atoms with van der Waals surface area (Å²) in [4.78, 5) is 22.3. The molecule has 0 aliphatic heterocycles. The second kappa shape index (κ2) is 5.79. The van der Waals surface area contributed by atoms with Gasteiger partial charge in [-0.3, -0.25) is 14.9 Å². The van der Waals surface area contributed by atoms with Gasteiger partial charge in [0.2, 0.25) is 5.91 Å². The van der Waals surface area contributed by atoms with Crippen molar-refractivity contribution >= 4 is 17.3 Å². The first-order chi connectivity index (χ1) is 8.73. The van der Waals surface area contributed by atoms with Crippen molar-refractivity contribution in [3.05, 3.63) is 33.4 Å². The minimum Gasteiger partial charge on any atom is -0.327 e. The summed E-state index contributed by atoms with van der Waals surface area (Å²) < 4.78 is 0. The van der Waals surface area contributed by atoms with E-state index < -0.39 is 4.92 Å². The molecular formula is C13H19N3O3. The Hall–Kier alpha value is -1.95. The van der Waals surface area contributed by atoms with Crippen LogP contribution < -0.4 is 11.1 Å². The number of rotatable bonds is 4. The van der Waals surface area contributed by atoms with Gasteiger partial charge >= 0.3 is 0 Å². The largest absolute Gasteiger partial charge is 0.327 e.